The quantitative estimate of drug-likeness (QED) is 0.142. The van der Waals surface area contributed by atoms with E-state index in [1.54, 1.807) is 0 Å². The second kappa shape index (κ2) is 13.9. The number of aromatic amines is 1. The molecule has 0 aliphatic carbocycles. The van der Waals surface area contributed by atoms with E-state index in [9.17, 15) is 0 Å². The van der Waals surface area contributed by atoms with Crippen LogP contribution in [0.25, 0.3) is 44.1 Å². The lowest BCUT2D eigenvalue weighted by atomic mass is 9.98. The number of H-pyrrole nitrogens is 1. The summed E-state index contributed by atoms with van der Waals surface area (Å²) in [6.07, 6.45) is 0. The van der Waals surface area contributed by atoms with Crippen molar-refractivity contribution in [3.05, 3.63) is 96.1 Å². The molecular weight excluding hydrogens is 506 g/mol. The van der Waals surface area contributed by atoms with E-state index in [0.29, 0.717) is 26.2 Å². The molecule has 7 nitrogen and oxygen atoms in total. The van der Waals surface area contributed by atoms with Crippen LogP contribution >= 0.6 is 0 Å². The molecular formula is C34H43N7. The zero-order chi connectivity index (χ0) is 28.6. The van der Waals surface area contributed by atoms with E-state index in [-0.39, 0.29) is 0 Å². The van der Waals surface area contributed by atoms with Gasteiger partial charge in [-0.05, 0) is 69.8 Å². The Kier molecular flexibility index (Phi) is 9.80. The zero-order valence-corrected chi connectivity index (χ0v) is 23.9. The summed E-state index contributed by atoms with van der Waals surface area (Å²) < 4.78 is 0. The highest BCUT2D eigenvalue weighted by Crippen LogP contribution is 2.33. The van der Waals surface area contributed by atoms with E-state index in [1.807, 2.05) is 0 Å². The van der Waals surface area contributed by atoms with Gasteiger partial charge in [-0.25, -0.2) is 0 Å². The molecule has 0 amide bonds. The predicted molar refractivity (Wildman–Crippen MR) is 173 cm³/mol. The first-order valence-corrected chi connectivity index (χ1v) is 14.6. The SMILES string of the molecule is NCCN(CCN)Cc1cccc(-c2ccc3[nH]c4ccc(-c5cccc(CN(CCN)CCN)c5)cc4c3c2)c1. The predicted octanol–water partition coefficient (Wildman–Crippen LogP) is 4.09. The van der Waals surface area contributed by atoms with Crippen LogP contribution in [0.4, 0.5) is 0 Å². The van der Waals surface area contributed by atoms with Crippen molar-refractivity contribution in [2.75, 3.05) is 52.4 Å². The summed E-state index contributed by atoms with van der Waals surface area (Å²) in [6.45, 7) is 7.57. The van der Waals surface area contributed by atoms with Crippen molar-refractivity contribution in [2.45, 2.75) is 13.1 Å². The number of nitrogens with one attached hydrogen (secondary N) is 1. The molecule has 0 aliphatic rings. The molecule has 5 rings (SSSR count). The maximum absolute atomic E-state index is 5.82. The van der Waals surface area contributed by atoms with Crippen LogP contribution in [0.3, 0.4) is 0 Å². The summed E-state index contributed by atoms with van der Waals surface area (Å²) in [4.78, 5) is 8.23. The van der Waals surface area contributed by atoms with Crippen LogP contribution in [0, 0.1) is 0 Å². The zero-order valence-electron chi connectivity index (χ0n) is 23.9. The van der Waals surface area contributed by atoms with Gasteiger partial charge in [0, 0.05) is 87.3 Å². The van der Waals surface area contributed by atoms with Gasteiger partial charge in [-0.2, -0.15) is 0 Å². The van der Waals surface area contributed by atoms with Crippen LogP contribution < -0.4 is 22.9 Å². The molecule has 0 saturated heterocycles. The lowest BCUT2D eigenvalue weighted by molar-refractivity contribution is 0.281. The first-order valence-electron chi connectivity index (χ1n) is 14.6. The first-order chi connectivity index (χ1) is 20.1. The van der Waals surface area contributed by atoms with Crippen molar-refractivity contribution in [1.82, 2.24) is 14.8 Å². The van der Waals surface area contributed by atoms with Gasteiger partial charge in [0.15, 0.2) is 0 Å². The standard InChI is InChI=1S/C34H43N7/c35-11-15-40(16-12-36)23-25-3-1-5-27(19-25)29-7-9-33-31(21-29)32-22-30(8-10-34(32)39-33)28-6-2-4-26(20-28)24-41(17-13-37)18-14-38/h1-10,19-22,39H,11-18,23-24,35-38H2. The fourth-order valence-corrected chi connectivity index (χ4v) is 5.74. The Morgan fingerprint density at radius 2 is 0.854 bits per heavy atom. The van der Waals surface area contributed by atoms with E-state index >= 15 is 0 Å². The highest BCUT2D eigenvalue weighted by molar-refractivity contribution is 6.09. The second-order valence-corrected chi connectivity index (χ2v) is 10.8. The van der Waals surface area contributed by atoms with E-state index in [1.165, 1.54) is 44.2 Å². The molecule has 0 aliphatic heterocycles. The Bertz CT molecular complexity index is 1450. The number of nitrogens with two attached hydrogens (primary N) is 4. The van der Waals surface area contributed by atoms with Gasteiger partial charge in [0.2, 0.25) is 0 Å². The Labute approximate surface area is 243 Å². The molecule has 5 aromatic rings. The van der Waals surface area contributed by atoms with Crippen LogP contribution in [0.2, 0.25) is 0 Å². The van der Waals surface area contributed by atoms with Gasteiger partial charge < -0.3 is 27.9 Å². The van der Waals surface area contributed by atoms with Gasteiger partial charge in [-0.3, -0.25) is 9.80 Å². The molecule has 0 radical (unpaired) electrons. The van der Waals surface area contributed by atoms with Crippen molar-refractivity contribution in [1.29, 1.82) is 0 Å². The molecule has 0 atom stereocenters. The third-order valence-corrected chi connectivity index (χ3v) is 7.71. The number of hydrogen-bond acceptors (Lipinski definition) is 6. The van der Waals surface area contributed by atoms with Gasteiger partial charge in [0.05, 0.1) is 0 Å². The second-order valence-electron chi connectivity index (χ2n) is 10.8. The Morgan fingerprint density at radius 1 is 0.463 bits per heavy atom. The molecule has 41 heavy (non-hydrogen) atoms. The molecule has 9 N–H and O–H groups in total. The van der Waals surface area contributed by atoms with E-state index in [2.05, 4.69) is 99.7 Å². The monoisotopic (exact) mass is 549 g/mol. The van der Waals surface area contributed by atoms with Gasteiger partial charge in [-0.1, -0.05) is 48.5 Å². The number of benzene rings is 4. The summed E-state index contributed by atoms with van der Waals surface area (Å²) in [5.74, 6) is 0. The molecule has 0 unspecified atom stereocenters. The first kappa shape index (κ1) is 29.0. The fraction of sp³-hybridized carbons (Fsp3) is 0.294. The summed E-state index contributed by atoms with van der Waals surface area (Å²) in [5, 5.41) is 2.46. The van der Waals surface area contributed by atoms with Gasteiger partial charge >= 0.3 is 0 Å². The lowest BCUT2D eigenvalue weighted by Gasteiger charge is -2.21. The summed E-state index contributed by atoms with van der Waals surface area (Å²) in [7, 11) is 0. The molecule has 1 aromatic heterocycles. The fourth-order valence-electron chi connectivity index (χ4n) is 5.74. The normalized spacial score (nSPS) is 11.9. The summed E-state index contributed by atoms with van der Waals surface area (Å²) in [6, 6.07) is 31.0. The van der Waals surface area contributed by atoms with Gasteiger partial charge in [0.25, 0.3) is 0 Å². The molecule has 214 valence electrons. The molecule has 0 fully saturated rings. The molecule has 0 saturated carbocycles. The van der Waals surface area contributed by atoms with Crippen LogP contribution in [0.1, 0.15) is 11.1 Å². The topological polar surface area (TPSA) is 126 Å². The Balaban J connectivity index is 1.45. The van der Waals surface area contributed by atoms with E-state index in [4.69, 9.17) is 22.9 Å². The van der Waals surface area contributed by atoms with Crippen molar-refractivity contribution >= 4 is 21.8 Å². The molecule has 0 bridgehead atoms. The summed E-state index contributed by atoms with van der Waals surface area (Å²) in [5.41, 5.74) is 32.9. The van der Waals surface area contributed by atoms with E-state index < -0.39 is 0 Å². The van der Waals surface area contributed by atoms with E-state index in [0.717, 1.165) is 50.3 Å². The summed E-state index contributed by atoms with van der Waals surface area (Å²) >= 11 is 0. The minimum absolute atomic E-state index is 0.629. The number of aromatic nitrogens is 1. The highest BCUT2D eigenvalue weighted by Gasteiger charge is 2.11. The third kappa shape index (κ3) is 7.02. The van der Waals surface area contributed by atoms with Gasteiger partial charge in [0.1, 0.15) is 0 Å². The molecule has 0 spiro atoms. The van der Waals surface area contributed by atoms with Crippen molar-refractivity contribution < 1.29 is 0 Å². The number of hydrogen-bond donors (Lipinski definition) is 5. The van der Waals surface area contributed by atoms with Crippen LogP contribution in [0.5, 0.6) is 0 Å². The van der Waals surface area contributed by atoms with Crippen LogP contribution in [-0.4, -0.2) is 67.1 Å². The molecule has 4 aromatic carbocycles. The Morgan fingerprint density at radius 3 is 1.24 bits per heavy atom. The highest BCUT2D eigenvalue weighted by atomic mass is 15.1. The molecule has 1 heterocycles. The minimum Gasteiger partial charge on any atom is -0.355 e. The lowest BCUT2D eigenvalue weighted by Crippen LogP contribution is -2.33. The number of rotatable bonds is 14. The Hall–Kier alpha value is -3.56. The number of fused-ring (bicyclic) bond motifs is 3. The van der Waals surface area contributed by atoms with Crippen LogP contribution in [0.15, 0.2) is 84.9 Å². The van der Waals surface area contributed by atoms with Crippen molar-refractivity contribution in [2.24, 2.45) is 22.9 Å². The smallest absolute Gasteiger partial charge is 0.0465 e. The van der Waals surface area contributed by atoms with Gasteiger partial charge in [-0.15, -0.1) is 0 Å². The van der Waals surface area contributed by atoms with Crippen molar-refractivity contribution in [3.8, 4) is 22.3 Å². The number of nitrogens with zero attached hydrogens (tertiary/aromatic N) is 2. The maximum atomic E-state index is 5.82. The maximum Gasteiger partial charge on any atom is 0.0465 e. The van der Waals surface area contributed by atoms with Crippen molar-refractivity contribution in [3.63, 3.8) is 0 Å². The third-order valence-electron chi connectivity index (χ3n) is 7.71. The molecule has 7 heteroatoms. The average molecular weight is 550 g/mol. The average Bonchev–Trinajstić information content (AvgIpc) is 3.35. The minimum atomic E-state index is 0.629. The van der Waals surface area contributed by atoms with Crippen LogP contribution in [-0.2, 0) is 13.1 Å². The largest absolute Gasteiger partial charge is 0.355 e.